The number of carbonyl (C=O) groups excluding carboxylic acids is 4. The van der Waals surface area contributed by atoms with Gasteiger partial charge in [0.15, 0.2) is 5.76 Å². The quantitative estimate of drug-likeness (QED) is 0.759. The van der Waals surface area contributed by atoms with Gasteiger partial charge in [0.2, 0.25) is 5.91 Å². The van der Waals surface area contributed by atoms with E-state index in [2.05, 4.69) is 5.32 Å². The van der Waals surface area contributed by atoms with Crippen molar-refractivity contribution in [1.82, 2.24) is 20.0 Å². The van der Waals surface area contributed by atoms with Gasteiger partial charge in [0.1, 0.15) is 12.1 Å². The topological polar surface area (TPSA) is 103 Å². The molecule has 2 saturated heterocycles. The van der Waals surface area contributed by atoms with E-state index in [1.807, 2.05) is 6.07 Å². The summed E-state index contributed by atoms with van der Waals surface area (Å²) < 4.78 is 5.13. The third kappa shape index (κ3) is 3.42. The van der Waals surface area contributed by atoms with Gasteiger partial charge in [0.05, 0.1) is 6.26 Å². The molecule has 0 saturated carbocycles. The minimum Gasteiger partial charge on any atom is -0.459 e. The van der Waals surface area contributed by atoms with Gasteiger partial charge in [0.25, 0.3) is 11.8 Å². The molecule has 0 aliphatic carbocycles. The molecule has 2 aliphatic heterocycles. The molecule has 2 aromatic rings. The van der Waals surface area contributed by atoms with Crippen LogP contribution in [0.1, 0.15) is 23.0 Å². The van der Waals surface area contributed by atoms with Gasteiger partial charge in [-0.1, -0.05) is 30.3 Å². The zero-order chi connectivity index (χ0) is 21.3. The van der Waals surface area contributed by atoms with E-state index in [0.29, 0.717) is 31.7 Å². The van der Waals surface area contributed by atoms with E-state index in [1.54, 1.807) is 53.1 Å². The minimum atomic E-state index is -1.20. The summed E-state index contributed by atoms with van der Waals surface area (Å²) in [6, 6.07) is 11.6. The molecule has 0 bridgehead atoms. The largest absolute Gasteiger partial charge is 0.459 e. The molecular weight excluding hydrogens is 388 g/mol. The molecule has 0 radical (unpaired) electrons. The Kier molecular flexibility index (Phi) is 5.03. The third-order valence-electron chi connectivity index (χ3n) is 5.57. The van der Waals surface area contributed by atoms with Gasteiger partial charge in [-0.3, -0.25) is 19.3 Å². The van der Waals surface area contributed by atoms with Crippen LogP contribution in [0.5, 0.6) is 0 Å². The van der Waals surface area contributed by atoms with Crippen molar-refractivity contribution < 1.29 is 23.6 Å². The molecule has 9 heteroatoms. The highest BCUT2D eigenvalue weighted by Gasteiger charge is 2.49. The summed E-state index contributed by atoms with van der Waals surface area (Å²) in [6.07, 6.45) is 1.44. The highest BCUT2D eigenvalue weighted by molar-refractivity contribution is 6.09. The Morgan fingerprint density at radius 3 is 2.30 bits per heavy atom. The van der Waals surface area contributed by atoms with Crippen molar-refractivity contribution in [1.29, 1.82) is 0 Å². The summed E-state index contributed by atoms with van der Waals surface area (Å²) in [5.41, 5.74) is -0.546. The van der Waals surface area contributed by atoms with Crippen LogP contribution in [0.4, 0.5) is 4.79 Å². The number of benzene rings is 1. The fraction of sp³-hybridized carbons (Fsp3) is 0.333. The molecule has 3 heterocycles. The SMILES string of the molecule is C[C@]1(c2ccccc2)NC(=O)N(CC(=O)N2CCN(C(=O)c3ccco3)CC2)C1=O. The summed E-state index contributed by atoms with van der Waals surface area (Å²) in [5.74, 6) is -0.756. The average Bonchev–Trinajstić information content (AvgIpc) is 3.38. The minimum absolute atomic E-state index is 0.222. The molecule has 1 atom stereocenters. The maximum absolute atomic E-state index is 12.9. The van der Waals surface area contributed by atoms with Gasteiger partial charge in [-0.25, -0.2) is 4.79 Å². The second-order valence-electron chi connectivity index (χ2n) is 7.46. The average molecular weight is 410 g/mol. The van der Waals surface area contributed by atoms with Crippen LogP contribution in [-0.2, 0) is 15.1 Å². The van der Waals surface area contributed by atoms with Crippen LogP contribution in [-0.4, -0.2) is 71.2 Å². The smallest absolute Gasteiger partial charge is 0.325 e. The second kappa shape index (κ2) is 7.66. The number of nitrogens with zero attached hydrogens (tertiary/aromatic N) is 3. The molecule has 1 N–H and O–H groups in total. The number of amides is 5. The number of hydrogen-bond donors (Lipinski definition) is 1. The number of carbonyl (C=O) groups is 4. The van der Waals surface area contributed by atoms with Gasteiger partial charge in [-0.2, -0.15) is 0 Å². The van der Waals surface area contributed by atoms with E-state index >= 15 is 0 Å². The summed E-state index contributed by atoms with van der Waals surface area (Å²) in [4.78, 5) is 54.5. The number of rotatable bonds is 4. The standard InChI is InChI=1S/C21H22N4O5/c1-21(15-6-3-2-4-7-15)19(28)25(20(29)22-21)14-17(26)23-9-11-24(12-10-23)18(27)16-8-5-13-30-16/h2-8,13H,9-12,14H2,1H3,(H,22,29)/t21-/m1/s1. The van der Waals surface area contributed by atoms with Gasteiger partial charge < -0.3 is 19.5 Å². The van der Waals surface area contributed by atoms with E-state index in [0.717, 1.165) is 4.90 Å². The van der Waals surface area contributed by atoms with Crippen molar-refractivity contribution in [3.05, 3.63) is 60.1 Å². The number of furan rings is 1. The molecular formula is C21H22N4O5. The Morgan fingerprint density at radius 2 is 1.67 bits per heavy atom. The molecule has 0 spiro atoms. The maximum Gasteiger partial charge on any atom is 0.325 e. The lowest BCUT2D eigenvalue weighted by Gasteiger charge is -2.34. The number of nitrogens with one attached hydrogen (secondary N) is 1. The normalized spacial score (nSPS) is 21.7. The van der Waals surface area contributed by atoms with E-state index in [1.165, 1.54) is 6.26 Å². The van der Waals surface area contributed by atoms with E-state index in [4.69, 9.17) is 4.42 Å². The molecule has 2 aliphatic rings. The molecule has 30 heavy (non-hydrogen) atoms. The van der Waals surface area contributed by atoms with Crippen LogP contribution in [0.15, 0.2) is 53.1 Å². The first-order chi connectivity index (χ1) is 14.4. The first kappa shape index (κ1) is 19.7. The summed E-state index contributed by atoms with van der Waals surface area (Å²) >= 11 is 0. The Morgan fingerprint density at radius 1 is 1.00 bits per heavy atom. The maximum atomic E-state index is 12.9. The number of urea groups is 1. The highest BCUT2D eigenvalue weighted by Crippen LogP contribution is 2.28. The Labute approximate surface area is 173 Å². The van der Waals surface area contributed by atoms with Crippen LogP contribution < -0.4 is 5.32 Å². The van der Waals surface area contributed by atoms with Crippen molar-refractivity contribution in [2.45, 2.75) is 12.5 Å². The number of imide groups is 1. The highest BCUT2D eigenvalue weighted by atomic mass is 16.3. The van der Waals surface area contributed by atoms with E-state index in [9.17, 15) is 19.2 Å². The van der Waals surface area contributed by atoms with Crippen LogP contribution in [0.25, 0.3) is 0 Å². The fourth-order valence-electron chi connectivity index (χ4n) is 3.76. The lowest BCUT2D eigenvalue weighted by Crippen LogP contribution is -2.53. The monoisotopic (exact) mass is 410 g/mol. The van der Waals surface area contributed by atoms with Crippen molar-refractivity contribution in [3.8, 4) is 0 Å². The summed E-state index contributed by atoms with van der Waals surface area (Å²) in [6.45, 7) is 2.65. The van der Waals surface area contributed by atoms with Crippen molar-refractivity contribution >= 4 is 23.8 Å². The first-order valence-corrected chi connectivity index (χ1v) is 9.70. The zero-order valence-corrected chi connectivity index (χ0v) is 16.5. The van der Waals surface area contributed by atoms with Gasteiger partial charge in [0, 0.05) is 26.2 Å². The summed E-state index contributed by atoms with van der Waals surface area (Å²) in [7, 11) is 0. The van der Waals surface area contributed by atoms with Crippen molar-refractivity contribution in [2.24, 2.45) is 0 Å². The number of hydrogen-bond acceptors (Lipinski definition) is 5. The molecule has 9 nitrogen and oxygen atoms in total. The molecule has 0 unspecified atom stereocenters. The van der Waals surface area contributed by atoms with E-state index in [-0.39, 0.29) is 24.1 Å². The Bertz CT molecular complexity index is 967. The molecule has 156 valence electrons. The van der Waals surface area contributed by atoms with E-state index < -0.39 is 17.5 Å². The molecule has 5 amide bonds. The molecule has 4 rings (SSSR count). The Hall–Kier alpha value is -3.62. The lowest BCUT2D eigenvalue weighted by molar-refractivity contribution is -0.139. The number of piperazine rings is 1. The predicted octanol–water partition coefficient (Wildman–Crippen LogP) is 1.03. The second-order valence-corrected chi connectivity index (χ2v) is 7.46. The summed E-state index contributed by atoms with van der Waals surface area (Å²) in [5, 5.41) is 2.70. The van der Waals surface area contributed by atoms with Crippen LogP contribution >= 0.6 is 0 Å². The molecule has 1 aromatic carbocycles. The molecule has 1 aromatic heterocycles. The third-order valence-corrected chi connectivity index (χ3v) is 5.57. The fourth-order valence-corrected chi connectivity index (χ4v) is 3.76. The van der Waals surface area contributed by atoms with Gasteiger partial charge in [-0.05, 0) is 24.6 Å². The van der Waals surface area contributed by atoms with Crippen molar-refractivity contribution in [3.63, 3.8) is 0 Å². The molecule has 2 fully saturated rings. The van der Waals surface area contributed by atoms with Crippen LogP contribution in [0, 0.1) is 0 Å². The first-order valence-electron chi connectivity index (χ1n) is 9.70. The van der Waals surface area contributed by atoms with Crippen LogP contribution in [0.3, 0.4) is 0 Å². The Balaban J connectivity index is 1.37. The predicted molar refractivity (Wildman–Crippen MR) is 105 cm³/mol. The van der Waals surface area contributed by atoms with Gasteiger partial charge >= 0.3 is 6.03 Å². The zero-order valence-electron chi connectivity index (χ0n) is 16.5. The van der Waals surface area contributed by atoms with Crippen molar-refractivity contribution in [2.75, 3.05) is 32.7 Å². The van der Waals surface area contributed by atoms with Gasteiger partial charge in [-0.15, -0.1) is 0 Å². The van der Waals surface area contributed by atoms with Crippen LogP contribution in [0.2, 0.25) is 0 Å². The lowest BCUT2D eigenvalue weighted by atomic mass is 9.92.